The largest absolute Gasteiger partial charge is 0.479 e. The van der Waals surface area contributed by atoms with E-state index in [1.54, 1.807) is 0 Å². The number of aliphatic hydroxyl groups is 2. The third kappa shape index (κ3) is 9.88. The van der Waals surface area contributed by atoms with Crippen LogP contribution in [-0.4, -0.2) is 72.2 Å². The van der Waals surface area contributed by atoms with Crippen molar-refractivity contribution in [3.05, 3.63) is 116 Å². The molecule has 2 saturated heterocycles. The van der Waals surface area contributed by atoms with Gasteiger partial charge in [0.15, 0.2) is 12.6 Å². The first-order valence-electron chi connectivity index (χ1n) is 17.0. The Bertz CT molecular complexity index is 2180. The maximum Gasteiger partial charge on any atom is 0.479 e. The van der Waals surface area contributed by atoms with Crippen LogP contribution < -0.4 is 27.2 Å². The fraction of sp³-hybridized carbons (Fsp3) is 0.516. The second kappa shape index (κ2) is 18.0. The second-order valence-corrected chi connectivity index (χ2v) is 14.2. The lowest BCUT2D eigenvalue weighted by atomic mass is 10.1. The van der Waals surface area contributed by atoms with E-state index >= 15 is 0 Å². The molecular weight excluding hydrogens is 767 g/mol. The van der Waals surface area contributed by atoms with Crippen LogP contribution in [0.3, 0.4) is 0 Å². The van der Waals surface area contributed by atoms with Crippen LogP contribution in [0.15, 0.2) is 66.1 Å². The highest BCUT2D eigenvalue weighted by Crippen LogP contribution is 2.54. The number of ether oxygens (including phenoxy) is 3. The Morgan fingerprint density at radius 3 is 1.79 bits per heavy atom. The van der Waals surface area contributed by atoms with Gasteiger partial charge in [-0.05, 0) is 49.0 Å². The van der Waals surface area contributed by atoms with Gasteiger partial charge in [-0.25, -0.2) is 14.2 Å². The number of azide groups is 2. The number of nitrogens with zero attached hydrogens (tertiary/aromatic N) is 8. The standard InChI is InChI=1S/C31H37N10O14P/c1-4-5-23(42)51-18-8-6-17(7-9-18)14-50-56(49,54-28(45)24-19(36-38-32)10-21(52-24)40-12-15(2)26(43)34-30(40)47)55-29(46)25-20(37-39-33)11-22(53-25)41-13-16(3)27(44)35-31(41)48/h6-9,12-13,19-22,24-25,28-29,45-46H,4-5,10-11,14H2,1-3H3,(H,34,43,47)(H,35,44,48)/t19?,20?,21-,22-,24+,25+,28?,29?,56?/m1/s1. The molecule has 4 N–H and O–H groups in total. The molecule has 2 fully saturated rings. The summed E-state index contributed by atoms with van der Waals surface area (Å²) in [6, 6.07) is 3.24. The number of benzene rings is 1. The number of phosphoric acid groups is 1. The van der Waals surface area contributed by atoms with Gasteiger partial charge < -0.3 is 24.4 Å². The fourth-order valence-corrected chi connectivity index (χ4v) is 7.08. The van der Waals surface area contributed by atoms with Gasteiger partial charge in [0.25, 0.3) is 11.1 Å². The highest BCUT2D eigenvalue weighted by Gasteiger charge is 2.48. The predicted molar refractivity (Wildman–Crippen MR) is 189 cm³/mol. The quantitative estimate of drug-likeness (QED) is 0.0307. The summed E-state index contributed by atoms with van der Waals surface area (Å²) in [5, 5.41) is 29.7. The van der Waals surface area contributed by atoms with Crippen molar-refractivity contribution >= 4 is 13.8 Å². The number of carbonyl (C=O) groups is 1. The van der Waals surface area contributed by atoms with E-state index in [9.17, 15) is 49.8 Å². The van der Waals surface area contributed by atoms with Gasteiger partial charge in [-0.3, -0.25) is 47.1 Å². The Kier molecular flexibility index (Phi) is 13.5. The Morgan fingerprint density at radius 1 is 0.893 bits per heavy atom. The van der Waals surface area contributed by atoms with Crippen molar-refractivity contribution < 1.29 is 47.4 Å². The number of aliphatic hydroxyl groups excluding tert-OH is 2. The number of nitrogens with one attached hydrogen (secondary N) is 2. The van der Waals surface area contributed by atoms with Gasteiger partial charge in [0.2, 0.25) is 0 Å². The third-order valence-corrected chi connectivity index (χ3v) is 10.0. The van der Waals surface area contributed by atoms with E-state index in [0.29, 0.717) is 12.0 Å². The average molecular weight is 805 g/mol. The van der Waals surface area contributed by atoms with Crippen LogP contribution >= 0.6 is 7.82 Å². The molecule has 4 heterocycles. The molecule has 25 heteroatoms. The number of H-pyrrole nitrogens is 2. The Balaban J connectivity index is 1.41. The molecule has 5 rings (SSSR count). The van der Waals surface area contributed by atoms with Crippen molar-refractivity contribution in [1.29, 1.82) is 0 Å². The molecule has 56 heavy (non-hydrogen) atoms. The molecule has 0 spiro atoms. The summed E-state index contributed by atoms with van der Waals surface area (Å²) in [4.78, 5) is 70.6. The number of carbonyl (C=O) groups excluding carboxylic acids is 1. The number of aromatic nitrogens is 4. The molecule has 0 amide bonds. The zero-order chi connectivity index (χ0) is 40.7. The van der Waals surface area contributed by atoms with Gasteiger partial charge in [0, 0.05) is 52.6 Å². The zero-order valence-electron chi connectivity index (χ0n) is 29.9. The van der Waals surface area contributed by atoms with Gasteiger partial charge >= 0.3 is 25.2 Å². The lowest BCUT2D eigenvalue weighted by Crippen LogP contribution is -2.38. The van der Waals surface area contributed by atoms with Gasteiger partial charge in [0.05, 0.1) is 18.7 Å². The summed E-state index contributed by atoms with van der Waals surface area (Å²) < 4.78 is 49.5. The Morgan fingerprint density at radius 2 is 1.36 bits per heavy atom. The molecule has 2 aliphatic rings. The molecule has 24 nitrogen and oxygen atoms in total. The number of phosphoric ester groups is 1. The summed E-state index contributed by atoms with van der Waals surface area (Å²) in [6.45, 7) is 4.09. The maximum atomic E-state index is 14.3. The topological polar surface area (TPSA) is 337 Å². The van der Waals surface area contributed by atoms with Crippen LogP contribution in [0.5, 0.6) is 5.75 Å². The number of hydrogen-bond acceptors (Lipinski definition) is 16. The monoisotopic (exact) mass is 804 g/mol. The van der Waals surface area contributed by atoms with Crippen LogP contribution in [0.4, 0.5) is 0 Å². The van der Waals surface area contributed by atoms with Crippen molar-refractivity contribution in [2.75, 3.05) is 0 Å². The van der Waals surface area contributed by atoms with Crippen LogP contribution in [0.1, 0.15) is 61.8 Å². The van der Waals surface area contributed by atoms with E-state index in [-0.39, 0.29) is 36.1 Å². The first-order valence-corrected chi connectivity index (χ1v) is 18.4. The van der Waals surface area contributed by atoms with E-state index in [1.165, 1.54) is 50.5 Å². The molecule has 0 radical (unpaired) electrons. The van der Waals surface area contributed by atoms with Crippen molar-refractivity contribution in [3.63, 3.8) is 0 Å². The minimum Gasteiger partial charge on any atom is -0.427 e. The lowest BCUT2D eigenvalue weighted by Gasteiger charge is -2.29. The molecule has 3 aromatic rings. The molecular formula is C31H37N10O14P. The van der Waals surface area contributed by atoms with Crippen LogP contribution in [0.25, 0.3) is 20.9 Å². The van der Waals surface area contributed by atoms with E-state index in [0.717, 1.165) is 9.13 Å². The molecule has 1 aromatic carbocycles. The number of aryl methyl sites for hydroxylation is 2. The minimum atomic E-state index is -5.21. The van der Waals surface area contributed by atoms with E-state index in [2.05, 4.69) is 30.0 Å². The van der Waals surface area contributed by atoms with E-state index < -0.39 is 92.2 Å². The minimum absolute atomic E-state index is 0.136. The number of aromatic amines is 2. The van der Waals surface area contributed by atoms with E-state index in [1.807, 2.05) is 6.92 Å². The molecule has 0 aliphatic carbocycles. The van der Waals surface area contributed by atoms with E-state index in [4.69, 9.17) is 27.8 Å². The number of rotatable bonds is 16. The van der Waals surface area contributed by atoms with Gasteiger partial charge in [-0.1, -0.05) is 29.3 Å². The summed E-state index contributed by atoms with van der Waals surface area (Å²) in [6.07, 6.45) is -7.63. The van der Waals surface area contributed by atoms with Crippen molar-refractivity contribution in [2.24, 2.45) is 10.2 Å². The van der Waals surface area contributed by atoms with Gasteiger partial charge in [-0.15, -0.1) is 0 Å². The first kappa shape index (κ1) is 41.8. The Labute approximate surface area is 314 Å². The summed E-state index contributed by atoms with van der Waals surface area (Å²) in [5.74, 6) is -0.255. The number of hydrogen-bond donors (Lipinski definition) is 4. The first-order chi connectivity index (χ1) is 26.6. The van der Waals surface area contributed by atoms with Crippen molar-refractivity contribution in [3.8, 4) is 5.75 Å². The summed E-state index contributed by atoms with van der Waals surface area (Å²) in [5.41, 5.74) is 16.0. The lowest BCUT2D eigenvalue weighted by molar-refractivity contribution is -0.177. The molecule has 4 unspecified atom stereocenters. The maximum absolute atomic E-state index is 14.3. The molecule has 0 bridgehead atoms. The molecule has 2 aliphatic heterocycles. The average Bonchev–Trinajstić information content (AvgIpc) is 3.76. The summed E-state index contributed by atoms with van der Waals surface area (Å²) >= 11 is 0. The predicted octanol–water partition coefficient (Wildman–Crippen LogP) is 2.34. The number of esters is 1. The van der Waals surface area contributed by atoms with Gasteiger partial charge in [0.1, 0.15) is 30.4 Å². The molecule has 300 valence electrons. The molecule has 8 atom stereocenters. The smallest absolute Gasteiger partial charge is 0.427 e. The highest BCUT2D eigenvalue weighted by molar-refractivity contribution is 7.48. The van der Waals surface area contributed by atoms with Crippen LogP contribution in [0.2, 0.25) is 0 Å². The zero-order valence-corrected chi connectivity index (χ0v) is 30.8. The summed E-state index contributed by atoms with van der Waals surface area (Å²) in [7, 11) is -5.21. The van der Waals surface area contributed by atoms with Crippen LogP contribution in [0, 0.1) is 13.8 Å². The molecule has 2 aromatic heterocycles. The Hall–Kier alpha value is -5.38. The van der Waals surface area contributed by atoms with Crippen LogP contribution in [-0.2, 0) is 39.0 Å². The van der Waals surface area contributed by atoms with Crippen molar-refractivity contribution in [2.45, 2.75) is 102 Å². The molecule has 0 saturated carbocycles. The fourth-order valence-electron chi connectivity index (χ4n) is 5.83. The van der Waals surface area contributed by atoms with Crippen molar-refractivity contribution in [1.82, 2.24) is 19.1 Å². The third-order valence-electron chi connectivity index (χ3n) is 8.62. The second-order valence-electron chi connectivity index (χ2n) is 12.7. The normalized spacial score (nSPS) is 24.0. The highest BCUT2D eigenvalue weighted by atomic mass is 31.2. The van der Waals surface area contributed by atoms with Gasteiger partial charge in [-0.2, -0.15) is 0 Å². The SMILES string of the molecule is CCCC(=O)Oc1ccc(COP(=O)(OC(O)[C@H]2O[C@@H](n3cc(C)c(=O)[nH]c3=O)CC2N=[N+]=[N-])OC(O)[C@H]2O[C@@H](n3cc(C)c(=O)[nH]c3=O)CC2N=[N+]=[N-])cc1.